The molecule has 9 nitrogen and oxygen atoms in total. The first-order valence-corrected chi connectivity index (χ1v) is 7.30. The zero-order valence-corrected chi connectivity index (χ0v) is 13.6. The van der Waals surface area contributed by atoms with Gasteiger partial charge in [-0.05, 0) is 26.2 Å². The highest BCUT2D eigenvalue weighted by Crippen LogP contribution is 2.21. The van der Waals surface area contributed by atoms with Crippen LogP contribution in [0.1, 0.15) is 39.0 Å². The Balaban J connectivity index is 0. The van der Waals surface area contributed by atoms with E-state index < -0.39 is 23.3 Å². The Kier molecular flexibility index (Phi) is 13.6. The minimum atomic E-state index is -1.05. The number of aliphatic hydroxyl groups is 3. The second-order valence-corrected chi connectivity index (χ2v) is 5.37. The molecule has 0 atom stereocenters. The number of aliphatic carboxylic acids is 3. The molecule has 6 N–H and O–H groups in total. The first kappa shape index (κ1) is 24.3. The van der Waals surface area contributed by atoms with Gasteiger partial charge >= 0.3 is 17.9 Å². The van der Waals surface area contributed by atoms with Crippen molar-refractivity contribution < 1.29 is 45.0 Å². The van der Waals surface area contributed by atoms with Crippen LogP contribution in [0.3, 0.4) is 0 Å². The zero-order valence-electron chi connectivity index (χ0n) is 13.6. The van der Waals surface area contributed by atoms with Crippen LogP contribution in [0, 0.1) is 5.41 Å². The molecule has 0 amide bonds. The fourth-order valence-electron chi connectivity index (χ4n) is 1.35. The molecule has 0 rings (SSSR count). The number of allylic oxidation sites excluding steroid dienone is 1. The summed E-state index contributed by atoms with van der Waals surface area (Å²) in [5.74, 6) is -2.79. The number of carbonyl (C=O) groups is 3. The van der Waals surface area contributed by atoms with Crippen LogP contribution >= 0.6 is 0 Å². The van der Waals surface area contributed by atoms with E-state index in [2.05, 4.69) is 0 Å². The van der Waals surface area contributed by atoms with Crippen LogP contribution in [0.4, 0.5) is 0 Å². The third-order valence-corrected chi connectivity index (χ3v) is 3.22. The highest BCUT2D eigenvalue weighted by molar-refractivity contribution is 5.85. The predicted octanol–water partition coefficient (Wildman–Crippen LogP) is 0.0867. The molecule has 140 valence electrons. The van der Waals surface area contributed by atoms with Crippen LogP contribution in [-0.4, -0.2) is 68.4 Å². The number of rotatable bonds is 11. The molecule has 0 aromatic rings. The Bertz CT molecular complexity index is 400. The summed E-state index contributed by atoms with van der Waals surface area (Å²) in [5.41, 5.74) is -0.902. The van der Waals surface area contributed by atoms with Crippen molar-refractivity contribution in [2.24, 2.45) is 5.41 Å². The van der Waals surface area contributed by atoms with E-state index >= 15 is 0 Å². The average molecular weight is 350 g/mol. The predicted molar refractivity (Wildman–Crippen MR) is 83.4 cm³/mol. The Morgan fingerprint density at radius 2 is 1.21 bits per heavy atom. The van der Waals surface area contributed by atoms with Crippen molar-refractivity contribution in [1.29, 1.82) is 0 Å². The van der Waals surface area contributed by atoms with Crippen molar-refractivity contribution >= 4 is 17.9 Å². The minimum Gasteiger partial charge on any atom is -0.481 e. The van der Waals surface area contributed by atoms with Gasteiger partial charge in [0.25, 0.3) is 0 Å². The molecule has 0 aliphatic heterocycles. The van der Waals surface area contributed by atoms with Gasteiger partial charge in [-0.25, -0.2) is 4.79 Å². The van der Waals surface area contributed by atoms with Gasteiger partial charge in [0.1, 0.15) is 0 Å². The molecule has 24 heavy (non-hydrogen) atoms. The van der Waals surface area contributed by atoms with Gasteiger partial charge in [0.2, 0.25) is 0 Å². The van der Waals surface area contributed by atoms with E-state index in [4.69, 9.17) is 30.6 Å². The van der Waals surface area contributed by atoms with E-state index in [9.17, 15) is 14.4 Å². The van der Waals surface area contributed by atoms with Crippen molar-refractivity contribution in [2.75, 3.05) is 19.8 Å². The lowest BCUT2D eigenvalue weighted by atomic mass is 9.86. The highest BCUT2D eigenvalue weighted by Gasteiger charge is 2.26. The van der Waals surface area contributed by atoms with Crippen LogP contribution in [0.2, 0.25) is 0 Å². The zero-order chi connectivity index (χ0) is 19.2. The summed E-state index contributed by atoms with van der Waals surface area (Å²) in [6.45, 7) is 0.259. The molecule has 0 aromatic heterocycles. The minimum absolute atomic E-state index is 0.0628. The number of aliphatic hydroxyl groups excluding tert-OH is 3. The average Bonchev–Trinajstić information content (AvgIpc) is 2.53. The number of carboxylic acids is 3. The second-order valence-electron chi connectivity index (χ2n) is 5.37. The summed E-state index contributed by atoms with van der Waals surface area (Å²) in [6.07, 6.45) is 2.53. The standard InChI is InChI=1S/C9H16O5.C6H10O4/c1-7(8(13)14)2-3-9(4-10,5-11)6-12;7-5(8)3-1-2-4-6(9)10/h2,10-12H,3-6H2,1H3,(H,13,14);1-4H2,(H,7,8)(H,9,10). The van der Waals surface area contributed by atoms with Gasteiger partial charge in [-0.1, -0.05) is 6.08 Å². The first-order chi connectivity index (χ1) is 11.1. The maximum Gasteiger partial charge on any atom is 0.330 e. The van der Waals surface area contributed by atoms with Gasteiger partial charge in [-0.3, -0.25) is 9.59 Å². The van der Waals surface area contributed by atoms with E-state index in [0.29, 0.717) is 12.8 Å². The van der Waals surface area contributed by atoms with Crippen molar-refractivity contribution in [3.05, 3.63) is 11.6 Å². The normalized spacial score (nSPS) is 11.4. The van der Waals surface area contributed by atoms with Crippen molar-refractivity contribution in [2.45, 2.75) is 39.0 Å². The smallest absolute Gasteiger partial charge is 0.330 e. The number of unbranched alkanes of at least 4 members (excludes halogenated alkanes) is 1. The molecule has 0 fully saturated rings. The molecule has 0 aliphatic rings. The molecular weight excluding hydrogens is 324 g/mol. The van der Waals surface area contributed by atoms with Gasteiger partial charge in [0.05, 0.1) is 19.8 Å². The van der Waals surface area contributed by atoms with Crippen molar-refractivity contribution in [3.8, 4) is 0 Å². The van der Waals surface area contributed by atoms with Gasteiger partial charge in [0.15, 0.2) is 0 Å². The van der Waals surface area contributed by atoms with Crippen molar-refractivity contribution in [3.63, 3.8) is 0 Å². The molecule has 0 bridgehead atoms. The SMILES string of the molecule is CC(=CCC(CO)(CO)CO)C(=O)O.O=C(O)CCCCC(=O)O. The topological polar surface area (TPSA) is 173 Å². The molecule has 0 heterocycles. The Labute approximate surface area is 139 Å². The number of hydrogen-bond donors (Lipinski definition) is 6. The van der Waals surface area contributed by atoms with Gasteiger partial charge in [-0.15, -0.1) is 0 Å². The fraction of sp³-hybridized carbons (Fsp3) is 0.667. The van der Waals surface area contributed by atoms with E-state index in [-0.39, 0.29) is 44.7 Å². The molecule has 0 spiro atoms. The second kappa shape index (κ2) is 13.5. The molecule has 9 heteroatoms. The molecule has 0 aromatic carbocycles. The van der Waals surface area contributed by atoms with E-state index in [0.717, 1.165) is 0 Å². The van der Waals surface area contributed by atoms with Crippen LogP contribution in [-0.2, 0) is 14.4 Å². The molecule has 0 saturated heterocycles. The van der Waals surface area contributed by atoms with Crippen LogP contribution in [0.5, 0.6) is 0 Å². The number of hydrogen-bond acceptors (Lipinski definition) is 6. The quantitative estimate of drug-likeness (QED) is 0.223. The third kappa shape index (κ3) is 12.6. The van der Waals surface area contributed by atoms with Gasteiger partial charge < -0.3 is 30.6 Å². The highest BCUT2D eigenvalue weighted by atomic mass is 16.4. The van der Waals surface area contributed by atoms with Gasteiger partial charge in [0, 0.05) is 23.8 Å². The number of carboxylic acid groups (broad SMARTS) is 3. The summed E-state index contributed by atoms with van der Waals surface area (Å²) in [7, 11) is 0. The third-order valence-electron chi connectivity index (χ3n) is 3.22. The van der Waals surface area contributed by atoms with Gasteiger partial charge in [-0.2, -0.15) is 0 Å². The van der Waals surface area contributed by atoms with E-state index in [1.807, 2.05) is 0 Å². The monoisotopic (exact) mass is 350 g/mol. The molecule has 0 radical (unpaired) electrons. The summed E-state index contributed by atoms with van der Waals surface area (Å²) in [4.78, 5) is 30.2. The maximum atomic E-state index is 10.4. The lowest BCUT2D eigenvalue weighted by molar-refractivity contribution is -0.139. The van der Waals surface area contributed by atoms with Crippen LogP contribution in [0.15, 0.2) is 11.6 Å². The Morgan fingerprint density at radius 1 is 0.833 bits per heavy atom. The summed E-state index contributed by atoms with van der Waals surface area (Å²) in [5, 5.41) is 51.6. The summed E-state index contributed by atoms with van der Waals surface area (Å²) < 4.78 is 0. The summed E-state index contributed by atoms with van der Waals surface area (Å²) in [6, 6.07) is 0. The van der Waals surface area contributed by atoms with Crippen molar-refractivity contribution in [1.82, 2.24) is 0 Å². The lowest BCUT2D eigenvalue weighted by Crippen LogP contribution is -2.33. The van der Waals surface area contributed by atoms with Crippen LogP contribution < -0.4 is 0 Å². The molecule has 0 aliphatic carbocycles. The largest absolute Gasteiger partial charge is 0.481 e. The fourth-order valence-corrected chi connectivity index (χ4v) is 1.35. The molecule has 0 saturated carbocycles. The van der Waals surface area contributed by atoms with Crippen LogP contribution in [0.25, 0.3) is 0 Å². The van der Waals surface area contributed by atoms with E-state index in [1.165, 1.54) is 13.0 Å². The Morgan fingerprint density at radius 3 is 1.46 bits per heavy atom. The summed E-state index contributed by atoms with van der Waals surface area (Å²) >= 11 is 0. The molecule has 0 unspecified atom stereocenters. The Hall–Kier alpha value is -1.97. The first-order valence-electron chi connectivity index (χ1n) is 7.30. The maximum absolute atomic E-state index is 10.4. The molecular formula is C15H26O9. The van der Waals surface area contributed by atoms with E-state index in [1.54, 1.807) is 0 Å². The lowest BCUT2D eigenvalue weighted by Gasteiger charge is -2.25.